The molecule has 12 heteroatoms. The number of thiazole rings is 1. The fourth-order valence-electron chi connectivity index (χ4n) is 4.85. The van der Waals surface area contributed by atoms with Gasteiger partial charge in [0, 0.05) is 5.92 Å². The van der Waals surface area contributed by atoms with Gasteiger partial charge in [-0.25, -0.2) is 9.97 Å². The molecule has 0 bridgehead atoms. The summed E-state index contributed by atoms with van der Waals surface area (Å²) in [5, 5.41) is 6.31. The van der Waals surface area contributed by atoms with Gasteiger partial charge in [0.15, 0.2) is 5.79 Å². The average Bonchev–Trinajstić information content (AvgIpc) is 3.42. The fraction of sp³-hybridized carbons (Fsp3) is 0.565. The molecule has 188 valence electrons. The Kier molecular flexibility index (Phi) is 6.09. The highest BCUT2D eigenvalue weighted by molar-refractivity contribution is 7.16. The summed E-state index contributed by atoms with van der Waals surface area (Å²) in [4.78, 5) is 26.3. The van der Waals surface area contributed by atoms with Gasteiger partial charge in [-0.05, 0) is 46.1 Å². The Balaban J connectivity index is 1.52. The van der Waals surface area contributed by atoms with E-state index in [1.165, 1.54) is 11.3 Å². The van der Waals surface area contributed by atoms with Gasteiger partial charge < -0.3 is 24.9 Å². The summed E-state index contributed by atoms with van der Waals surface area (Å²) in [5.41, 5.74) is 2.10. The van der Waals surface area contributed by atoms with Gasteiger partial charge in [0.2, 0.25) is 5.95 Å². The quantitative estimate of drug-likeness (QED) is 0.555. The molecule has 2 aromatic rings. The summed E-state index contributed by atoms with van der Waals surface area (Å²) in [5.74, 6) is -1.01. The Morgan fingerprint density at radius 1 is 1.23 bits per heavy atom. The van der Waals surface area contributed by atoms with Crippen LogP contribution in [0.3, 0.4) is 0 Å². The zero-order valence-electron chi connectivity index (χ0n) is 19.5. The van der Waals surface area contributed by atoms with E-state index in [9.17, 15) is 18.0 Å². The highest BCUT2D eigenvalue weighted by atomic mass is 32.1. The molecule has 0 aromatic carbocycles. The van der Waals surface area contributed by atoms with E-state index in [0.29, 0.717) is 28.5 Å². The summed E-state index contributed by atoms with van der Waals surface area (Å²) < 4.78 is 50.5. The van der Waals surface area contributed by atoms with Crippen LogP contribution in [-0.2, 0) is 20.7 Å². The van der Waals surface area contributed by atoms with Crippen molar-refractivity contribution in [1.29, 1.82) is 0 Å². The summed E-state index contributed by atoms with van der Waals surface area (Å²) in [7, 11) is 0. The van der Waals surface area contributed by atoms with Gasteiger partial charge in [0.05, 0.1) is 34.0 Å². The van der Waals surface area contributed by atoms with Crippen LogP contribution in [0.1, 0.15) is 43.0 Å². The van der Waals surface area contributed by atoms with Crippen LogP contribution in [0.5, 0.6) is 0 Å². The smallest absolute Gasteiger partial charge is 0.364 e. The van der Waals surface area contributed by atoms with Crippen molar-refractivity contribution < 1.29 is 27.4 Å². The Labute approximate surface area is 204 Å². The van der Waals surface area contributed by atoms with Gasteiger partial charge in [-0.3, -0.25) is 0 Å². The molecular weight excluding hydrogens is 483 g/mol. The second-order valence-electron chi connectivity index (χ2n) is 9.45. The van der Waals surface area contributed by atoms with Crippen molar-refractivity contribution >= 4 is 35.5 Å². The summed E-state index contributed by atoms with van der Waals surface area (Å²) in [6.45, 7) is 4.05. The van der Waals surface area contributed by atoms with Crippen molar-refractivity contribution in [2.24, 2.45) is 5.92 Å². The van der Waals surface area contributed by atoms with Gasteiger partial charge >= 0.3 is 6.18 Å². The minimum absolute atomic E-state index is 0.141. The number of carbonyl (C=O) groups is 1. The highest BCUT2D eigenvalue weighted by Gasteiger charge is 2.54. The van der Waals surface area contributed by atoms with Gasteiger partial charge in [-0.2, -0.15) is 18.2 Å². The Morgan fingerprint density at radius 3 is 2.71 bits per heavy atom. The number of anilines is 2. The van der Waals surface area contributed by atoms with E-state index in [0.717, 1.165) is 29.7 Å². The first-order valence-corrected chi connectivity index (χ1v) is 12.3. The maximum absolute atomic E-state index is 12.8. The van der Waals surface area contributed by atoms with E-state index < -0.39 is 30.7 Å². The first-order valence-electron chi connectivity index (χ1n) is 11.5. The average molecular weight is 510 g/mol. The summed E-state index contributed by atoms with van der Waals surface area (Å²) in [6.07, 6.45) is 1.92. The number of carbonyl (C=O) groups excluding carboxylic acids is 1. The summed E-state index contributed by atoms with van der Waals surface area (Å²) >= 11 is 1.49. The molecule has 1 saturated heterocycles. The lowest BCUT2D eigenvalue weighted by Gasteiger charge is -2.24. The number of ether oxygens (including phenoxy) is 2. The number of nitrogens with zero attached hydrogens (tertiary/aromatic N) is 3. The van der Waals surface area contributed by atoms with Crippen LogP contribution in [-0.4, -0.2) is 58.0 Å². The largest absolute Gasteiger partial charge is 0.405 e. The first kappa shape index (κ1) is 24.1. The molecule has 0 spiro atoms. The molecule has 0 unspecified atom stereocenters. The Hall–Kier alpha value is -2.57. The molecule has 0 radical (unpaired) electrons. The van der Waals surface area contributed by atoms with Crippen LogP contribution in [0.15, 0.2) is 6.08 Å². The molecular formula is C23H26F3N5O3S. The third-order valence-electron chi connectivity index (χ3n) is 6.30. The van der Waals surface area contributed by atoms with Crippen LogP contribution in [0.25, 0.3) is 16.6 Å². The van der Waals surface area contributed by atoms with E-state index in [1.54, 1.807) is 20.8 Å². The predicted octanol–water partition coefficient (Wildman–Crippen LogP) is 4.36. The SMILES string of the molecule is Cc1nc(NCC(F)(F)F)nc(N[C@@H]2C[C@H](C=O)[C@H]3OC(C)(C)O[C@H]32)c1-c1nc2c(s1)C=CCC2. The maximum Gasteiger partial charge on any atom is 0.405 e. The van der Waals surface area contributed by atoms with E-state index in [4.69, 9.17) is 14.5 Å². The molecule has 4 atom stereocenters. The van der Waals surface area contributed by atoms with Gasteiger partial charge in [-0.1, -0.05) is 6.08 Å². The molecule has 0 amide bonds. The lowest BCUT2D eigenvalue weighted by atomic mass is 10.1. The minimum atomic E-state index is -4.42. The van der Waals surface area contributed by atoms with E-state index in [-0.39, 0.29) is 17.9 Å². The van der Waals surface area contributed by atoms with E-state index >= 15 is 0 Å². The number of aldehydes is 1. The van der Waals surface area contributed by atoms with E-state index in [1.807, 2.05) is 6.08 Å². The molecule has 2 fully saturated rings. The van der Waals surface area contributed by atoms with Crippen LogP contribution in [0.4, 0.5) is 24.9 Å². The summed E-state index contributed by atoms with van der Waals surface area (Å²) in [6, 6.07) is -0.338. The van der Waals surface area contributed by atoms with Crippen LogP contribution < -0.4 is 10.6 Å². The molecule has 2 aliphatic carbocycles. The van der Waals surface area contributed by atoms with Gasteiger partial charge in [0.1, 0.15) is 29.8 Å². The molecule has 5 rings (SSSR count). The first-order chi connectivity index (χ1) is 16.5. The Morgan fingerprint density at radius 2 is 2.00 bits per heavy atom. The van der Waals surface area contributed by atoms with E-state index in [2.05, 4.69) is 26.7 Å². The predicted molar refractivity (Wildman–Crippen MR) is 125 cm³/mol. The second kappa shape index (κ2) is 8.82. The molecule has 8 nitrogen and oxygen atoms in total. The van der Waals surface area contributed by atoms with Gasteiger partial charge in [0.25, 0.3) is 0 Å². The molecule has 2 aromatic heterocycles. The molecule has 1 saturated carbocycles. The van der Waals surface area contributed by atoms with Crippen molar-refractivity contribution in [3.8, 4) is 10.6 Å². The normalized spacial score (nSPS) is 26.9. The van der Waals surface area contributed by atoms with Gasteiger partial charge in [-0.15, -0.1) is 11.3 Å². The minimum Gasteiger partial charge on any atom is -0.364 e. The number of aromatic nitrogens is 3. The fourth-order valence-corrected chi connectivity index (χ4v) is 5.99. The number of fused-ring (bicyclic) bond motifs is 2. The van der Waals surface area contributed by atoms with Crippen molar-refractivity contribution in [3.05, 3.63) is 22.3 Å². The molecule has 3 heterocycles. The number of hydrogen-bond donors (Lipinski definition) is 2. The van der Waals surface area contributed by atoms with Crippen LogP contribution in [0, 0.1) is 12.8 Å². The molecule has 35 heavy (non-hydrogen) atoms. The zero-order chi connectivity index (χ0) is 25.0. The van der Waals surface area contributed by atoms with Crippen molar-refractivity contribution in [2.45, 2.75) is 70.2 Å². The number of hydrogen-bond acceptors (Lipinski definition) is 9. The van der Waals surface area contributed by atoms with Crippen molar-refractivity contribution in [3.63, 3.8) is 0 Å². The molecule has 1 aliphatic heterocycles. The number of nitrogens with one attached hydrogen (secondary N) is 2. The van der Waals surface area contributed by atoms with Crippen molar-refractivity contribution in [1.82, 2.24) is 15.0 Å². The molecule has 2 N–H and O–H groups in total. The zero-order valence-corrected chi connectivity index (χ0v) is 20.3. The lowest BCUT2D eigenvalue weighted by molar-refractivity contribution is -0.157. The third-order valence-corrected chi connectivity index (χ3v) is 7.38. The third kappa shape index (κ3) is 4.91. The highest BCUT2D eigenvalue weighted by Crippen LogP contribution is 2.43. The molecule has 3 aliphatic rings. The lowest BCUT2D eigenvalue weighted by Crippen LogP contribution is -2.35. The second-order valence-corrected chi connectivity index (χ2v) is 10.5. The number of alkyl halides is 3. The number of halogens is 3. The topological polar surface area (TPSA) is 98.3 Å². The van der Waals surface area contributed by atoms with Crippen LogP contribution >= 0.6 is 11.3 Å². The number of aryl methyl sites for hydroxylation is 2. The van der Waals surface area contributed by atoms with Crippen LogP contribution in [0.2, 0.25) is 0 Å². The monoisotopic (exact) mass is 509 g/mol. The maximum atomic E-state index is 12.8. The van der Waals surface area contributed by atoms with Crippen molar-refractivity contribution in [2.75, 3.05) is 17.2 Å². The number of allylic oxidation sites excluding steroid dienone is 1. The standard InChI is InChI=1S/C23H26F3N5O3S/c1-11-16(20-30-13-6-4-5-7-15(13)35-20)19(31-21(28-11)27-10-23(24,25)26)29-14-8-12(9-32)17-18(14)34-22(2,3)33-17/h5,7,9,12,14,17-18H,4,6,8,10H2,1-3H3,(H2,27,28,29,31)/t12-,14-,17-,18+/m1/s1. The Bertz CT molecular complexity index is 1170. The number of rotatable bonds is 6.